The number of carbonyl (C=O) groups excluding carboxylic acids is 1. The number of benzene rings is 2. The Hall–Kier alpha value is -2.76. The molecule has 2 aliphatic rings. The number of rotatable bonds is 5. The van der Waals surface area contributed by atoms with Crippen LogP contribution < -0.4 is 15.4 Å². The summed E-state index contributed by atoms with van der Waals surface area (Å²) in [5, 5.41) is 8.51. The van der Waals surface area contributed by atoms with Crippen molar-refractivity contribution in [1.29, 1.82) is 0 Å². The number of fused-ring (bicyclic) bond motifs is 1. The largest absolute Gasteiger partial charge is 0.494 e. The van der Waals surface area contributed by atoms with Crippen LogP contribution in [0.4, 0.5) is 0 Å². The second-order valence-corrected chi connectivity index (χ2v) is 8.19. The SMILES string of the molecule is CCOc1ccc(-c2cc3ccccc3c(C=O)n2)cc1.CNC1CC2(CNC2)C1. The number of carbonyl (C=O) groups is 1. The molecular formula is C25H29N3O2. The highest BCUT2D eigenvalue weighted by molar-refractivity contribution is 5.98. The monoisotopic (exact) mass is 403 g/mol. The van der Waals surface area contributed by atoms with Crippen molar-refractivity contribution < 1.29 is 9.53 Å². The second-order valence-electron chi connectivity index (χ2n) is 8.19. The number of nitrogens with zero attached hydrogens (tertiary/aromatic N) is 1. The van der Waals surface area contributed by atoms with Crippen LogP contribution in [-0.2, 0) is 0 Å². The van der Waals surface area contributed by atoms with E-state index >= 15 is 0 Å². The van der Waals surface area contributed by atoms with Crippen molar-refractivity contribution in [3.8, 4) is 17.0 Å². The third kappa shape index (κ3) is 4.23. The molecule has 5 heteroatoms. The molecule has 0 bridgehead atoms. The molecule has 3 aromatic rings. The van der Waals surface area contributed by atoms with Crippen molar-refractivity contribution in [3.05, 3.63) is 60.3 Å². The average molecular weight is 404 g/mol. The Bertz CT molecular complexity index is 1000. The minimum absolute atomic E-state index is 0.469. The minimum atomic E-state index is 0.469. The van der Waals surface area contributed by atoms with Crippen LogP contribution in [0.5, 0.6) is 5.75 Å². The maximum atomic E-state index is 11.3. The van der Waals surface area contributed by atoms with Gasteiger partial charge in [0.2, 0.25) is 0 Å². The molecule has 2 heterocycles. The van der Waals surface area contributed by atoms with Gasteiger partial charge < -0.3 is 15.4 Å². The molecular weight excluding hydrogens is 374 g/mol. The van der Waals surface area contributed by atoms with Crippen LogP contribution in [0.2, 0.25) is 0 Å². The molecule has 0 amide bonds. The lowest BCUT2D eigenvalue weighted by Gasteiger charge is -2.54. The van der Waals surface area contributed by atoms with Gasteiger partial charge in [-0.15, -0.1) is 0 Å². The highest BCUT2D eigenvalue weighted by Crippen LogP contribution is 2.43. The summed E-state index contributed by atoms with van der Waals surface area (Å²) in [5.74, 6) is 0.831. The summed E-state index contributed by atoms with van der Waals surface area (Å²) in [6, 6.07) is 18.3. The average Bonchev–Trinajstić information content (AvgIpc) is 2.72. The Morgan fingerprint density at radius 1 is 1.17 bits per heavy atom. The standard InChI is InChI=1S/C18H15NO2.C7H14N2/c1-2-21-15-9-7-13(8-10-15)17-11-14-5-3-4-6-16(14)18(12-20)19-17;1-8-6-2-7(3-6)4-9-5-7/h3-12H,2H2,1H3;6,8-9H,2-5H2,1H3. The lowest BCUT2D eigenvalue weighted by Crippen LogP contribution is -2.64. The van der Waals surface area contributed by atoms with Gasteiger partial charge in [0, 0.05) is 30.1 Å². The number of ether oxygens (including phenoxy) is 1. The van der Waals surface area contributed by atoms with Crippen molar-refractivity contribution in [1.82, 2.24) is 15.6 Å². The molecule has 5 nitrogen and oxygen atoms in total. The van der Waals surface area contributed by atoms with E-state index in [1.807, 2.05) is 61.5 Å². The van der Waals surface area contributed by atoms with E-state index in [2.05, 4.69) is 22.7 Å². The Labute approximate surface area is 177 Å². The molecule has 1 saturated heterocycles. The van der Waals surface area contributed by atoms with E-state index in [1.54, 1.807) is 0 Å². The molecule has 1 aromatic heterocycles. The fraction of sp³-hybridized carbons (Fsp3) is 0.360. The van der Waals surface area contributed by atoms with Crippen molar-refractivity contribution in [2.75, 3.05) is 26.7 Å². The van der Waals surface area contributed by atoms with E-state index in [0.717, 1.165) is 45.5 Å². The maximum Gasteiger partial charge on any atom is 0.169 e. The molecule has 2 aromatic carbocycles. The normalized spacial score (nSPS) is 16.9. The first-order chi connectivity index (χ1) is 14.7. The van der Waals surface area contributed by atoms with Crippen LogP contribution in [0.15, 0.2) is 54.6 Å². The summed E-state index contributed by atoms with van der Waals surface area (Å²) in [7, 11) is 2.06. The van der Waals surface area contributed by atoms with E-state index in [-0.39, 0.29) is 0 Å². The van der Waals surface area contributed by atoms with Gasteiger partial charge in [0.15, 0.2) is 6.29 Å². The smallest absolute Gasteiger partial charge is 0.169 e. The molecule has 1 aliphatic carbocycles. The Morgan fingerprint density at radius 2 is 1.90 bits per heavy atom. The van der Waals surface area contributed by atoms with Gasteiger partial charge in [0.1, 0.15) is 11.4 Å². The topological polar surface area (TPSA) is 63.2 Å². The summed E-state index contributed by atoms with van der Waals surface area (Å²) in [6.07, 6.45) is 3.60. The predicted octanol–water partition coefficient (Wildman–Crippen LogP) is 4.07. The number of pyridine rings is 1. The summed E-state index contributed by atoms with van der Waals surface area (Å²) >= 11 is 0. The predicted molar refractivity (Wildman–Crippen MR) is 121 cm³/mol. The number of hydrogen-bond acceptors (Lipinski definition) is 5. The van der Waals surface area contributed by atoms with Crippen LogP contribution in [-0.4, -0.2) is 44.1 Å². The van der Waals surface area contributed by atoms with Gasteiger partial charge in [-0.1, -0.05) is 24.3 Å². The third-order valence-electron chi connectivity index (χ3n) is 6.11. The Kier molecular flexibility index (Phi) is 6.11. The molecule has 0 unspecified atom stereocenters. The quantitative estimate of drug-likeness (QED) is 0.629. The van der Waals surface area contributed by atoms with E-state index in [4.69, 9.17) is 4.74 Å². The molecule has 2 fully saturated rings. The number of aldehydes is 1. The fourth-order valence-corrected chi connectivity index (χ4v) is 4.31. The second kappa shape index (κ2) is 8.94. The molecule has 2 N–H and O–H groups in total. The first kappa shape index (κ1) is 20.5. The van der Waals surface area contributed by atoms with Crippen LogP contribution in [0.3, 0.4) is 0 Å². The summed E-state index contributed by atoms with van der Waals surface area (Å²) < 4.78 is 5.44. The molecule has 1 aliphatic heterocycles. The fourth-order valence-electron chi connectivity index (χ4n) is 4.31. The molecule has 30 heavy (non-hydrogen) atoms. The van der Waals surface area contributed by atoms with Gasteiger partial charge in [-0.2, -0.15) is 0 Å². The van der Waals surface area contributed by atoms with Crippen LogP contribution in [0.1, 0.15) is 30.3 Å². The summed E-state index contributed by atoms with van der Waals surface area (Å²) in [5.41, 5.74) is 2.97. The molecule has 0 radical (unpaired) electrons. The van der Waals surface area contributed by atoms with E-state index in [9.17, 15) is 4.79 Å². The number of aromatic nitrogens is 1. The van der Waals surface area contributed by atoms with Gasteiger partial charge in [-0.05, 0) is 67.9 Å². The first-order valence-electron chi connectivity index (χ1n) is 10.6. The van der Waals surface area contributed by atoms with E-state index < -0.39 is 0 Å². The van der Waals surface area contributed by atoms with Gasteiger partial charge >= 0.3 is 0 Å². The van der Waals surface area contributed by atoms with Gasteiger partial charge in [-0.25, -0.2) is 4.98 Å². The van der Waals surface area contributed by atoms with Crippen LogP contribution in [0.25, 0.3) is 22.0 Å². The number of hydrogen-bond donors (Lipinski definition) is 2. The van der Waals surface area contributed by atoms with Crippen molar-refractivity contribution in [2.24, 2.45) is 5.41 Å². The van der Waals surface area contributed by atoms with Gasteiger partial charge in [-0.3, -0.25) is 4.79 Å². The van der Waals surface area contributed by atoms with E-state index in [1.165, 1.54) is 25.9 Å². The van der Waals surface area contributed by atoms with Gasteiger partial charge in [0.25, 0.3) is 0 Å². The molecule has 156 valence electrons. The minimum Gasteiger partial charge on any atom is -0.494 e. The molecule has 1 spiro atoms. The Balaban J connectivity index is 0.000000200. The van der Waals surface area contributed by atoms with Gasteiger partial charge in [0.05, 0.1) is 12.3 Å². The van der Waals surface area contributed by atoms with Crippen LogP contribution >= 0.6 is 0 Å². The zero-order valence-electron chi connectivity index (χ0n) is 17.7. The van der Waals surface area contributed by atoms with Crippen LogP contribution in [0, 0.1) is 5.41 Å². The zero-order valence-corrected chi connectivity index (χ0v) is 17.7. The zero-order chi connectivity index (χ0) is 21.0. The maximum absolute atomic E-state index is 11.3. The summed E-state index contributed by atoms with van der Waals surface area (Å²) in [4.78, 5) is 15.7. The Morgan fingerprint density at radius 3 is 2.50 bits per heavy atom. The van der Waals surface area contributed by atoms with Crippen molar-refractivity contribution in [3.63, 3.8) is 0 Å². The first-order valence-corrected chi connectivity index (χ1v) is 10.6. The van der Waals surface area contributed by atoms with Crippen molar-refractivity contribution >= 4 is 17.1 Å². The van der Waals surface area contributed by atoms with E-state index in [0.29, 0.717) is 12.3 Å². The molecule has 1 saturated carbocycles. The lowest BCUT2D eigenvalue weighted by atomic mass is 9.62. The summed E-state index contributed by atoms with van der Waals surface area (Å²) in [6.45, 7) is 5.13. The highest BCUT2D eigenvalue weighted by Gasteiger charge is 2.47. The highest BCUT2D eigenvalue weighted by atomic mass is 16.5. The van der Waals surface area contributed by atoms with Crippen molar-refractivity contribution in [2.45, 2.75) is 25.8 Å². The third-order valence-corrected chi connectivity index (χ3v) is 6.11. The molecule has 5 rings (SSSR count). The lowest BCUT2D eigenvalue weighted by molar-refractivity contribution is 0.0268. The molecule has 0 atom stereocenters. The number of nitrogens with one attached hydrogen (secondary N) is 2.